The van der Waals surface area contributed by atoms with Crippen molar-refractivity contribution in [3.8, 4) is 0 Å². The summed E-state index contributed by atoms with van der Waals surface area (Å²) in [6.45, 7) is 13.8. The van der Waals surface area contributed by atoms with E-state index in [0.717, 1.165) is 25.9 Å². The van der Waals surface area contributed by atoms with Crippen LogP contribution in [-0.4, -0.2) is 30.1 Å². The van der Waals surface area contributed by atoms with E-state index in [4.69, 9.17) is 5.84 Å². The molecule has 1 heterocycles. The quantitative estimate of drug-likeness (QED) is 0.478. The largest absolute Gasteiger partial charge is 0.295 e. The molecule has 0 unspecified atom stereocenters. The summed E-state index contributed by atoms with van der Waals surface area (Å²) in [5.41, 5.74) is 5.61. The van der Waals surface area contributed by atoms with Crippen LogP contribution in [0.15, 0.2) is 55.1 Å². The maximum Gasteiger partial charge on any atom is 0.0469 e. The van der Waals surface area contributed by atoms with Gasteiger partial charge in [-0.3, -0.25) is 16.2 Å². The van der Waals surface area contributed by atoms with E-state index in [0.29, 0.717) is 12.1 Å². The molecule has 3 heteroatoms. The smallest absolute Gasteiger partial charge is 0.0469 e. The van der Waals surface area contributed by atoms with Gasteiger partial charge >= 0.3 is 0 Å². The number of piperidine rings is 1. The minimum Gasteiger partial charge on any atom is -0.295 e. The molecule has 2 rings (SSSR count). The van der Waals surface area contributed by atoms with E-state index in [9.17, 15) is 0 Å². The van der Waals surface area contributed by atoms with Crippen molar-refractivity contribution in [3.63, 3.8) is 0 Å². The Balaban J connectivity index is 0.000000816. The van der Waals surface area contributed by atoms with Gasteiger partial charge in [-0.2, -0.15) is 0 Å². The molecule has 128 valence electrons. The Bertz CT molecular complexity index is 455. The fraction of sp³-hybridized carbons (Fsp3) is 0.500. The average Bonchev–Trinajstić information content (AvgIpc) is 2.56. The lowest BCUT2D eigenvalue weighted by atomic mass is 9.91. The molecule has 23 heavy (non-hydrogen) atoms. The number of hydrazine groups is 1. The SMILES string of the molecule is C=C(C)[C@H]1[C@@H](NN)CCCN1CCCc1ccccc1.C=CC. The average molecular weight is 316 g/mol. The van der Waals surface area contributed by atoms with Gasteiger partial charge in [-0.15, -0.1) is 6.58 Å². The van der Waals surface area contributed by atoms with E-state index in [1.165, 1.54) is 24.0 Å². The van der Waals surface area contributed by atoms with E-state index in [2.05, 4.69) is 60.7 Å². The zero-order valence-electron chi connectivity index (χ0n) is 14.8. The second-order valence-corrected chi connectivity index (χ2v) is 6.24. The molecule has 1 fully saturated rings. The van der Waals surface area contributed by atoms with Crippen LogP contribution < -0.4 is 11.3 Å². The third-order valence-corrected chi connectivity index (χ3v) is 4.21. The topological polar surface area (TPSA) is 41.3 Å². The summed E-state index contributed by atoms with van der Waals surface area (Å²) >= 11 is 0. The molecule has 1 aliphatic rings. The van der Waals surface area contributed by atoms with Crippen LogP contribution in [0.1, 0.15) is 38.7 Å². The Morgan fingerprint density at radius 1 is 1.39 bits per heavy atom. The Labute approximate surface area is 142 Å². The summed E-state index contributed by atoms with van der Waals surface area (Å²) in [6.07, 6.45) is 6.43. The summed E-state index contributed by atoms with van der Waals surface area (Å²) in [5.74, 6) is 5.70. The predicted octanol–water partition coefficient (Wildman–Crippen LogP) is 3.68. The Morgan fingerprint density at radius 2 is 2.04 bits per heavy atom. The lowest BCUT2D eigenvalue weighted by molar-refractivity contribution is 0.134. The summed E-state index contributed by atoms with van der Waals surface area (Å²) < 4.78 is 0. The molecule has 1 aliphatic heterocycles. The summed E-state index contributed by atoms with van der Waals surface area (Å²) in [6, 6.07) is 11.4. The molecule has 0 radical (unpaired) electrons. The van der Waals surface area contributed by atoms with Gasteiger partial charge in [-0.25, -0.2) is 0 Å². The summed E-state index contributed by atoms with van der Waals surface area (Å²) in [4.78, 5) is 2.54. The van der Waals surface area contributed by atoms with Crippen molar-refractivity contribution in [1.82, 2.24) is 10.3 Å². The number of allylic oxidation sites excluding steroid dienone is 1. The van der Waals surface area contributed by atoms with Crippen molar-refractivity contribution in [3.05, 3.63) is 60.7 Å². The van der Waals surface area contributed by atoms with Crippen LogP contribution in [0.3, 0.4) is 0 Å². The Morgan fingerprint density at radius 3 is 2.61 bits per heavy atom. The van der Waals surface area contributed by atoms with Crippen LogP contribution in [0, 0.1) is 0 Å². The van der Waals surface area contributed by atoms with Crippen LogP contribution in [0.2, 0.25) is 0 Å². The summed E-state index contributed by atoms with van der Waals surface area (Å²) in [5, 5.41) is 0. The third kappa shape index (κ3) is 6.69. The predicted molar refractivity (Wildman–Crippen MR) is 101 cm³/mol. The van der Waals surface area contributed by atoms with E-state index in [1.54, 1.807) is 6.08 Å². The second-order valence-electron chi connectivity index (χ2n) is 6.24. The van der Waals surface area contributed by atoms with Crippen molar-refractivity contribution in [2.24, 2.45) is 5.84 Å². The monoisotopic (exact) mass is 315 g/mol. The zero-order valence-corrected chi connectivity index (χ0v) is 14.8. The number of hydrogen-bond donors (Lipinski definition) is 2. The van der Waals surface area contributed by atoms with Crippen LogP contribution in [-0.2, 0) is 6.42 Å². The minimum atomic E-state index is 0.345. The van der Waals surface area contributed by atoms with Crippen LogP contribution in [0.4, 0.5) is 0 Å². The highest BCUT2D eigenvalue weighted by Crippen LogP contribution is 2.22. The summed E-state index contributed by atoms with van der Waals surface area (Å²) in [7, 11) is 0. The van der Waals surface area contributed by atoms with Gasteiger partial charge in [0.15, 0.2) is 0 Å². The molecule has 1 aromatic rings. The maximum absolute atomic E-state index is 5.70. The number of aryl methyl sites for hydroxylation is 1. The van der Waals surface area contributed by atoms with Gasteiger partial charge in [0.05, 0.1) is 0 Å². The molecule has 1 aromatic carbocycles. The molecule has 0 aliphatic carbocycles. The highest BCUT2D eigenvalue weighted by atomic mass is 15.3. The first-order valence-electron chi connectivity index (χ1n) is 8.60. The van der Waals surface area contributed by atoms with Crippen molar-refractivity contribution in [2.45, 2.75) is 51.6 Å². The van der Waals surface area contributed by atoms with E-state index in [1.807, 2.05) is 6.92 Å². The molecule has 2 atom stereocenters. The molecule has 3 nitrogen and oxygen atoms in total. The molecular formula is C20H33N3. The van der Waals surface area contributed by atoms with Crippen molar-refractivity contribution >= 4 is 0 Å². The molecule has 0 saturated carbocycles. The number of likely N-dealkylation sites (tertiary alicyclic amines) is 1. The van der Waals surface area contributed by atoms with Crippen molar-refractivity contribution in [1.29, 1.82) is 0 Å². The molecule has 0 amide bonds. The first-order chi connectivity index (χ1) is 11.1. The molecule has 1 saturated heterocycles. The zero-order chi connectivity index (χ0) is 17.1. The maximum atomic E-state index is 5.70. The van der Waals surface area contributed by atoms with Crippen molar-refractivity contribution in [2.75, 3.05) is 13.1 Å². The van der Waals surface area contributed by atoms with Gasteiger partial charge in [0.25, 0.3) is 0 Å². The number of nitrogens with one attached hydrogen (secondary N) is 1. The van der Waals surface area contributed by atoms with Crippen LogP contribution in [0.5, 0.6) is 0 Å². The van der Waals surface area contributed by atoms with Gasteiger partial charge in [0, 0.05) is 12.1 Å². The Hall–Kier alpha value is -1.42. The molecular weight excluding hydrogens is 282 g/mol. The highest BCUT2D eigenvalue weighted by molar-refractivity contribution is 5.15. The van der Waals surface area contributed by atoms with Crippen molar-refractivity contribution < 1.29 is 0 Å². The molecule has 0 aromatic heterocycles. The van der Waals surface area contributed by atoms with Gasteiger partial charge in [-0.1, -0.05) is 48.6 Å². The number of rotatable bonds is 6. The first-order valence-corrected chi connectivity index (χ1v) is 8.60. The lowest BCUT2D eigenvalue weighted by Gasteiger charge is -2.41. The van der Waals surface area contributed by atoms with Crippen LogP contribution >= 0.6 is 0 Å². The first kappa shape index (κ1) is 19.6. The standard InChI is InChI=1S/C17H27N3.C3H6/c1-14(2)17-16(19-18)11-7-13-20(17)12-6-10-15-8-4-3-5-9-15;1-3-2/h3-5,8-9,16-17,19H,1,6-7,10-13,18H2,2H3;3H,1H2,2H3/t16-,17-;/m0./s1. The number of hydrogen-bond acceptors (Lipinski definition) is 3. The normalized spacial score (nSPS) is 21.2. The van der Waals surface area contributed by atoms with E-state index in [-0.39, 0.29) is 0 Å². The van der Waals surface area contributed by atoms with E-state index >= 15 is 0 Å². The molecule has 0 bridgehead atoms. The molecule has 3 N–H and O–H groups in total. The highest BCUT2D eigenvalue weighted by Gasteiger charge is 2.30. The number of benzene rings is 1. The molecule has 0 spiro atoms. The van der Waals surface area contributed by atoms with Gasteiger partial charge in [0.2, 0.25) is 0 Å². The minimum absolute atomic E-state index is 0.345. The van der Waals surface area contributed by atoms with E-state index < -0.39 is 0 Å². The number of nitrogens with two attached hydrogens (primary N) is 1. The third-order valence-electron chi connectivity index (χ3n) is 4.21. The van der Waals surface area contributed by atoms with Gasteiger partial charge in [0.1, 0.15) is 0 Å². The van der Waals surface area contributed by atoms with Crippen LogP contribution in [0.25, 0.3) is 0 Å². The fourth-order valence-corrected chi connectivity index (χ4v) is 3.28. The fourth-order valence-electron chi connectivity index (χ4n) is 3.28. The lowest BCUT2D eigenvalue weighted by Crippen LogP contribution is -2.56. The van der Waals surface area contributed by atoms with Gasteiger partial charge < -0.3 is 0 Å². The Kier molecular flexibility index (Phi) is 9.53. The van der Waals surface area contributed by atoms with Gasteiger partial charge in [-0.05, 0) is 58.2 Å². The second kappa shape index (κ2) is 11.2. The number of nitrogens with zero attached hydrogens (tertiary/aromatic N) is 1.